The van der Waals surface area contributed by atoms with Crippen LogP contribution in [0.25, 0.3) is 0 Å². The zero-order chi connectivity index (χ0) is 14.8. The number of carbonyl (C=O) groups excluding carboxylic acids is 2. The first-order valence-corrected chi connectivity index (χ1v) is 7.86. The van der Waals surface area contributed by atoms with Gasteiger partial charge in [-0.3, -0.25) is 9.59 Å². The van der Waals surface area contributed by atoms with E-state index in [2.05, 4.69) is 5.32 Å². The Morgan fingerprint density at radius 1 is 1.05 bits per heavy atom. The first-order chi connectivity index (χ1) is 10.2. The Morgan fingerprint density at radius 2 is 1.71 bits per heavy atom. The quantitative estimate of drug-likeness (QED) is 0.907. The third-order valence-electron chi connectivity index (χ3n) is 4.69. The third-order valence-corrected chi connectivity index (χ3v) is 4.69. The van der Waals surface area contributed by atoms with Crippen LogP contribution in [0, 0.1) is 0 Å². The zero-order valence-corrected chi connectivity index (χ0v) is 12.4. The summed E-state index contributed by atoms with van der Waals surface area (Å²) in [5.74, 6) is -0.00535. The van der Waals surface area contributed by atoms with Gasteiger partial charge in [-0.1, -0.05) is 49.6 Å². The van der Waals surface area contributed by atoms with Gasteiger partial charge in [-0.15, -0.1) is 0 Å². The summed E-state index contributed by atoms with van der Waals surface area (Å²) in [6.07, 6.45) is 5.58. The molecule has 4 nitrogen and oxygen atoms in total. The van der Waals surface area contributed by atoms with Crippen LogP contribution in [0.15, 0.2) is 30.3 Å². The third kappa shape index (κ3) is 2.67. The van der Waals surface area contributed by atoms with E-state index >= 15 is 0 Å². The number of carbonyl (C=O) groups is 2. The highest BCUT2D eigenvalue weighted by molar-refractivity contribution is 5.97. The molecule has 1 aliphatic heterocycles. The van der Waals surface area contributed by atoms with Gasteiger partial charge in [0.05, 0.1) is 0 Å². The van der Waals surface area contributed by atoms with Crippen LogP contribution in [-0.2, 0) is 9.59 Å². The van der Waals surface area contributed by atoms with E-state index in [1.54, 1.807) is 0 Å². The normalized spacial score (nSPS) is 27.6. The lowest BCUT2D eigenvalue weighted by Gasteiger charge is -2.43. The van der Waals surface area contributed by atoms with Gasteiger partial charge >= 0.3 is 0 Å². The lowest BCUT2D eigenvalue weighted by Crippen LogP contribution is -2.61. The molecule has 112 valence electrons. The van der Waals surface area contributed by atoms with Crippen molar-refractivity contribution < 1.29 is 9.59 Å². The van der Waals surface area contributed by atoms with Crippen molar-refractivity contribution in [3.05, 3.63) is 35.9 Å². The predicted octanol–water partition coefficient (Wildman–Crippen LogP) is 2.41. The molecule has 21 heavy (non-hydrogen) atoms. The number of nitrogens with one attached hydrogen (secondary N) is 1. The average molecular weight is 286 g/mol. The van der Waals surface area contributed by atoms with Crippen LogP contribution >= 0.6 is 0 Å². The van der Waals surface area contributed by atoms with E-state index in [9.17, 15) is 9.59 Å². The van der Waals surface area contributed by atoms with Crippen LogP contribution in [0.2, 0.25) is 0 Å². The number of hydrogen-bond acceptors (Lipinski definition) is 2. The van der Waals surface area contributed by atoms with Gasteiger partial charge in [0.2, 0.25) is 5.91 Å². The molecule has 1 aromatic carbocycles. The number of piperazine rings is 1. The Balaban J connectivity index is 1.87. The maximum Gasteiger partial charge on any atom is 0.250 e. The van der Waals surface area contributed by atoms with Crippen molar-refractivity contribution in [3.8, 4) is 0 Å². The summed E-state index contributed by atoms with van der Waals surface area (Å²) < 4.78 is 0. The molecule has 2 amide bonds. The van der Waals surface area contributed by atoms with E-state index in [1.165, 1.54) is 6.42 Å². The topological polar surface area (TPSA) is 49.4 Å². The Kier molecular flexibility index (Phi) is 3.95. The number of rotatable bonds is 2. The first kappa shape index (κ1) is 14.1. The molecule has 0 bridgehead atoms. The summed E-state index contributed by atoms with van der Waals surface area (Å²) in [4.78, 5) is 27.0. The molecule has 0 spiro atoms. The number of hydrogen-bond donors (Lipinski definition) is 1. The fourth-order valence-corrected chi connectivity index (χ4v) is 3.52. The van der Waals surface area contributed by atoms with Crippen molar-refractivity contribution >= 4 is 11.8 Å². The van der Waals surface area contributed by atoms with E-state index in [-0.39, 0.29) is 23.9 Å². The van der Waals surface area contributed by atoms with E-state index < -0.39 is 6.04 Å². The maximum atomic E-state index is 12.9. The molecule has 0 aromatic heterocycles. The molecule has 4 heteroatoms. The van der Waals surface area contributed by atoms with E-state index in [0.29, 0.717) is 0 Å². The van der Waals surface area contributed by atoms with Crippen LogP contribution < -0.4 is 5.32 Å². The second kappa shape index (κ2) is 5.88. The molecule has 2 unspecified atom stereocenters. The molecule has 1 aliphatic carbocycles. The van der Waals surface area contributed by atoms with Gasteiger partial charge in [0, 0.05) is 6.04 Å². The molecule has 2 fully saturated rings. The largest absolute Gasteiger partial charge is 0.339 e. The highest BCUT2D eigenvalue weighted by atomic mass is 16.2. The average Bonchev–Trinajstić information content (AvgIpc) is 2.53. The molecule has 1 N–H and O–H groups in total. The maximum absolute atomic E-state index is 12.9. The Hall–Kier alpha value is -1.84. The summed E-state index contributed by atoms with van der Waals surface area (Å²) in [7, 11) is 0. The van der Waals surface area contributed by atoms with Gasteiger partial charge < -0.3 is 10.2 Å². The van der Waals surface area contributed by atoms with Gasteiger partial charge in [0.15, 0.2) is 0 Å². The summed E-state index contributed by atoms with van der Waals surface area (Å²) in [6, 6.07) is 8.85. The predicted molar refractivity (Wildman–Crippen MR) is 80.5 cm³/mol. The first-order valence-electron chi connectivity index (χ1n) is 7.86. The molecule has 2 atom stereocenters. The Morgan fingerprint density at radius 3 is 2.38 bits per heavy atom. The van der Waals surface area contributed by atoms with Gasteiger partial charge in [0.1, 0.15) is 12.1 Å². The van der Waals surface area contributed by atoms with Crippen molar-refractivity contribution in [1.29, 1.82) is 0 Å². The standard InChI is InChI=1S/C17H22N2O2/c1-12-16(20)18-15(13-8-4-2-5-9-13)17(21)19(12)14-10-6-3-7-11-14/h2,4-5,8-9,12,14-15H,3,6-7,10-11H2,1H3,(H,18,20). The second-order valence-corrected chi connectivity index (χ2v) is 6.07. The van der Waals surface area contributed by atoms with Crippen molar-refractivity contribution in [2.45, 2.75) is 57.2 Å². The van der Waals surface area contributed by atoms with Gasteiger partial charge in [-0.25, -0.2) is 0 Å². The number of benzene rings is 1. The fraction of sp³-hybridized carbons (Fsp3) is 0.529. The molecule has 1 saturated carbocycles. The van der Waals surface area contributed by atoms with Crippen molar-refractivity contribution in [3.63, 3.8) is 0 Å². The SMILES string of the molecule is CC1C(=O)NC(c2ccccc2)C(=O)N1C1CCCCC1. The highest BCUT2D eigenvalue weighted by Gasteiger charge is 2.42. The monoisotopic (exact) mass is 286 g/mol. The summed E-state index contributed by atoms with van der Waals surface area (Å²) in [5, 5.41) is 2.87. The molecule has 2 aliphatic rings. The Labute approximate surface area is 125 Å². The second-order valence-electron chi connectivity index (χ2n) is 6.07. The molecule has 1 aromatic rings. The van der Waals surface area contributed by atoms with Crippen molar-refractivity contribution in [2.75, 3.05) is 0 Å². The van der Waals surface area contributed by atoms with Gasteiger partial charge in [-0.2, -0.15) is 0 Å². The van der Waals surface area contributed by atoms with E-state index in [4.69, 9.17) is 0 Å². The van der Waals surface area contributed by atoms with E-state index in [0.717, 1.165) is 31.2 Å². The molecule has 1 saturated heterocycles. The van der Waals surface area contributed by atoms with Crippen LogP contribution in [0.1, 0.15) is 50.6 Å². The van der Waals surface area contributed by atoms with Crippen molar-refractivity contribution in [1.82, 2.24) is 10.2 Å². The minimum atomic E-state index is -0.531. The smallest absolute Gasteiger partial charge is 0.250 e. The molecular weight excluding hydrogens is 264 g/mol. The fourth-order valence-electron chi connectivity index (χ4n) is 3.52. The van der Waals surface area contributed by atoms with Crippen molar-refractivity contribution in [2.24, 2.45) is 0 Å². The summed E-state index contributed by atoms with van der Waals surface area (Å²) >= 11 is 0. The summed E-state index contributed by atoms with van der Waals surface area (Å²) in [5.41, 5.74) is 0.864. The number of nitrogens with zero attached hydrogens (tertiary/aromatic N) is 1. The van der Waals surface area contributed by atoms with Crippen LogP contribution in [0.3, 0.4) is 0 Å². The Bertz CT molecular complexity index is 523. The molecule has 1 heterocycles. The minimum Gasteiger partial charge on any atom is -0.339 e. The van der Waals surface area contributed by atoms with E-state index in [1.807, 2.05) is 42.2 Å². The summed E-state index contributed by atoms with van der Waals surface area (Å²) in [6.45, 7) is 1.84. The zero-order valence-electron chi connectivity index (χ0n) is 12.4. The van der Waals surface area contributed by atoms with Gasteiger partial charge in [-0.05, 0) is 25.3 Å². The molecule has 0 radical (unpaired) electrons. The lowest BCUT2D eigenvalue weighted by atomic mass is 9.90. The van der Waals surface area contributed by atoms with Gasteiger partial charge in [0.25, 0.3) is 5.91 Å². The molecular formula is C17H22N2O2. The minimum absolute atomic E-state index is 0.0419. The number of amides is 2. The molecule has 3 rings (SSSR count). The van der Waals surface area contributed by atoms with Crippen LogP contribution in [0.4, 0.5) is 0 Å². The van der Waals surface area contributed by atoms with Crippen LogP contribution in [0.5, 0.6) is 0 Å². The highest BCUT2D eigenvalue weighted by Crippen LogP contribution is 2.30. The lowest BCUT2D eigenvalue weighted by molar-refractivity contribution is -0.152. The van der Waals surface area contributed by atoms with Crippen LogP contribution in [-0.4, -0.2) is 28.8 Å².